The average molecular weight is 406 g/mol. The van der Waals surface area contributed by atoms with E-state index in [0.29, 0.717) is 17.6 Å². The van der Waals surface area contributed by atoms with Crippen LogP contribution in [0.2, 0.25) is 0 Å². The van der Waals surface area contributed by atoms with E-state index in [-0.39, 0.29) is 28.4 Å². The first-order chi connectivity index (χ1) is 11.3. The lowest BCUT2D eigenvalue weighted by Crippen LogP contribution is -2.51. The molecular formula is C22H32BrNO. The van der Waals surface area contributed by atoms with Gasteiger partial charge in [-0.15, -0.1) is 17.0 Å². The fourth-order valence-electron chi connectivity index (χ4n) is 3.54. The second kappa shape index (κ2) is 8.86. The minimum absolute atomic E-state index is 0. The molecule has 3 N–H and O–H groups in total. The Morgan fingerprint density at radius 2 is 1.52 bits per heavy atom. The monoisotopic (exact) mass is 405 g/mol. The van der Waals surface area contributed by atoms with E-state index in [9.17, 15) is 5.11 Å². The highest BCUT2D eigenvalue weighted by molar-refractivity contribution is 8.93. The van der Waals surface area contributed by atoms with Crippen LogP contribution in [-0.2, 0) is 0 Å². The highest BCUT2D eigenvalue weighted by Crippen LogP contribution is 2.41. The van der Waals surface area contributed by atoms with Gasteiger partial charge in [-0.05, 0) is 36.8 Å². The van der Waals surface area contributed by atoms with Crippen molar-refractivity contribution in [2.45, 2.75) is 52.5 Å². The zero-order chi connectivity index (χ0) is 17.9. The highest BCUT2D eigenvalue weighted by atomic mass is 79.9. The maximum Gasteiger partial charge on any atom is 0.119 e. The van der Waals surface area contributed by atoms with Gasteiger partial charge in [-0.1, -0.05) is 75.7 Å². The first-order valence-electron chi connectivity index (χ1n) is 8.89. The molecule has 0 aromatic heterocycles. The molecule has 0 aliphatic heterocycles. The van der Waals surface area contributed by atoms with Gasteiger partial charge in [-0.2, -0.15) is 0 Å². The van der Waals surface area contributed by atoms with Crippen molar-refractivity contribution in [1.82, 2.24) is 0 Å². The van der Waals surface area contributed by atoms with Gasteiger partial charge in [0.25, 0.3) is 0 Å². The number of rotatable bonds is 6. The first-order valence-corrected chi connectivity index (χ1v) is 8.89. The Kier molecular flexibility index (Phi) is 7.70. The third kappa shape index (κ3) is 4.86. The summed E-state index contributed by atoms with van der Waals surface area (Å²) in [6, 6.07) is 16.2. The Labute approximate surface area is 163 Å². The van der Waals surface area contributed by atoms with Crippen molar-refractivity contribution in [3.63, 3.8) is 0 Å². The minimum atomic E-state index is -0.295. The van der Waals surface area contributed by atoms with E-state index < -0.39 is 0 Å². The molecule has 0 saturated carbocycles. The van der Waals surface area contributed by atoms with Crippen molar-refractivity contribution >= 4 is 17.0 Å². The maximum atomic E-state index is 10.5. The van der Waals surface area contributed by atoms with E-state index in [1.54, 1.807) is 6.07 Å². The minimum Gasteiger partial charge on any atom is -0.508 e. The molecule has 1 atom stereocenters. The van der Waals surface area contributed by atoms with Crippen LogP contribution in [0.1, 0.15) is 56.7 Å². The molecule has 2 rings (SSSR count). The molecule has 0 bridgehead atoms. The van der Waals surface area contributed by atoms with Crippen molar-refractivity contribution in [3.05, 3.63) is 65.2 Å². The average Bonchev–Trinajstić information content (AvgIpc) is 2.55. The second-order valence-electron chi connectivity index (χ2n) is 7.65. The quantitative estimate of drug-likeness (QED) is 0.636. The number of phenolic OH excluding ortho intramolecular Hbond substituents is 1. The smallest absolute Gasteiger partial charge is 0.119 e. The van der Waals surface area contributed by atoms with Crippen molar-refractivity contribution in [2.75, 3.05) is 0 Å². The zero-order valence-corrected chi connectivity index (χ0v) is 17.7. The fourth-order valence-corrected chi connectivity index (χ4v) is 3.54. The Morgan fingerprint density at radius 3 is 2.04 bits per heavy atom. The molecule has 0 aliphatic rings. The summed E-state index contributed by atoms with van der Waals surface area (Å²) in [7, 11) is 0. The molecule has 2 aromatic rings. The molecule has 2 aromatic carbocycles. The predicted molar refractivity (Wildman–Crippen MR) is 113 cm³/mol. The Balaban J connectivity index is 0.00000312. The summed E-state index contributed by atoms with van der Waals surface area (Å²) in [4.78, 5) is 0. The van der Waals surface area contributed by atoms with Gasteiger partial charge < -0.3 is 10.8 Å². The number of phenols is 1. The largest absolute Gasteiger partial charge is 0.508 e. The van der Waals surface area contributed by atoms with Gasteiger partial charge in [0.05, 0.1) is 0 Å². The third-order valence-corrected chi connectivity index (χ3v) is 5.47. The lowest BCUT2D eigenvalue weighted by atomic mass is 9.69. The summed E-state index contributed by atoms with van der Waals surface area (Å²) in [5.74, 6) is 1.15. The van der Waals surface area contributed by atoms with E-state index in [0.717, 1.165) is 17.5 Å². The van der Waals surface area contributed by atoms with Gasteiger partial charge in [-0.25, -0.2) is 0 Å². The van der Waals surface area contributed by atoms with Crippen LogP contribution in [0, 0.1) is 18.8 Å². The van der Waals surface area contributed by atoms with Crippen LogP contribution < -0.4 is 5.73 Å². The molecule has 0 amide bonds. The molecule has 0 radical (unpaired) electrons. The Morgan fingerprint density at radius 1 is 0.960 bits per heavy atom. The molecule has 0 aliphatic carbocycles. The molecule has 0 fully saturated rings. The maximum absolute atomic E-state index is 10.5. The Bertz CT molecular complexity index is 659. The summed E-state index contributed by atoms with van der Waals surface area (Å²) < 4.78 is 0. The zero-order valence-electron chi connectivity index (χ0n) is 16.0. The van der Waals surface area contributed by atoms with Gasteiger partial charge in [0.15, 0.2) is 0 Å². The SMILES string of the molecule is Br.Cc1ccc(O)c(C(CC(N)(C(C)C)C(C)C)c2ccccc2)c1. The molecule has 25 heavy (non-hydrogen) atoms. The fraction of sp³-hybridized carbons (Fsp3) is 0.455. The van der Waals surface area contributed by atoms with Crippen molar-refractivity contribution in [2.24, 2.45) is 17.6 Å². The summed E-state index contributed by atoms with van der Waals surface area (Å²) in [6.07, 6.45) is 0.809. The lowest BCUT2D eigenvalue weighted by Gasteiger charge is -2.41. The summed E-state index contributed by atoms with van der Waals surface area (Å²) >= 11 is 0. The molecule has 0 spiro atoms. The van der Waals surface area contributed by atoms with E-state index in [2.05, 4.69) is 65.0 Å². The van der Waals surface area contributed by atoms with E-state index in [1.165, 1.54) is 5.56 Å². The first kappa shape index (κ1) is 21.7. The molecule has 0 heterocycles. The van der Waals surface area contributed by atoms with Crippen molar-refractivity contribution in [3.8, 4) is 5.75 Å². The Hall–Kier alpha value is -1.32. The van der Waals surface area contributed by atoms with Gasteiger partial charge in [0, 0.05) is 17.0 Å². The number of hydrogen-bond acceptors (Lipinski definition) is 2. The van der Waals surface area contributed by atoms with E-state index in [4.69, 9.17) is 5.73 Å². The topological polar surface area (TPSA) is 46.2 Å². The number of benzene rings is 2. The van der Waals surface area contributed by atoms with Crippen LogP contribution in [0.5, 0.6) is 5.75 Å². The molecule has 3 heteroatoms. The van der Waals surface area contributed by atoms with Gasteiger partial charge in [0.1, 0.15) is 5.75 Å². The predicted octanol–water partition coefficient (Wildman–Crippen LogP) is 5.81. The molecule has 1 unspecified atom stereocenters. The molecule has 0 saturated heterocycles. The van der Waals surface area contributed by atoms with E-state index >= 15 is 0 Å². The number of hydrogen-bond donors (Lipinski definition) is 2. The van der Waals surface area contributed by atoms with Gasteiger partial charge in [-0.3, -0.25) is 0 Å². The lowest BCUT2D eigenvalue weighted by molar-refractivity contribution is 0.199. The number of nitrogens with two attached hydrogens (primary N) is 1. The van der Waals surface area contributed by atoms with Crippen LogP contribution in [-0.4, -0.2) is 10.6 Å². The number of aryl methyl sites for hydroxylation is 1. The van der Waals surface area contributed by atoms with Crippen LogP contribution >= 0.6 is 17.0 Å². The van der Waals surface area contributed by atoms with Crippen molar-refractivity contribution < 1.29 is 5.11 Å². The summed E-state index contributed by atoms with van der Waals surface area (Å²) in [5, 5.41) is 10.5. The van der Waals surface area contributed by atoms with Crippen LogP contribution in [0.3, 0.4) is 0 Å². The summed E-state index contributed by atoms with van der Waals surface area (Å²) in [5.41, 5.74) is 9.90. The van der Waals surface area contributed by atoms with Gasteiger partial charge >= 0.3 is 0 Å². The number of aromatic hydroxyl groups is 1. The number of halogens is 1. The normalized spacial score (nSPS) is 13.0. The van der Waals surface area contributed by atoms with Crippen LogP contribution in [0.4, 0.5) is 0 Å². The van der Waals surface area contributed by atoms with Crippen LogP contribution in [0.25, 0.3) is 0 Å². The summed E-state index contributed by atoms with van der Waals surface area (Å²) in [6.45, 7) is 10.8. The standard InChI is InChI=1S/C22H31NO.BrH/c1-15(2)22(23,16(3)4)14-20(18-9-7-6-8-10-18)19-13-17(5)11-12-21(19)24;/h6-13,15-16,20,24H,14,23H2,1-5H3;1H. The van der Waals surface area contributed by atoms with E-state index in [1.807, 2.05) is 12.1 Å². The van der Waals surface area contributed by atoms with Crippen molar-refractivity contribution in [1.29, 1.82) is 0 Å². The highest BCUT2D eigenvalue weighted by Gasteiger charge is 2.36. The van der Waals surface area contributed by atoms with Gasteiger partial charge in [0.2, 0.25) is 0 Å². The van der Waals surface area contributed by atoms with Crippen LogP contribution in [0.15, 0.2) is 48.5 Å². The molecule has 2 nitrogen and oxygen atoms in total. The third-order valence-electron chi connectivity index (χ3n) is 5.47. The molecule has 138 valence electrons. The molecular weight excluding hydrogens is 374 g/mol. The second-order valence-corrected chi connectivity index (χ2v) is 7.65.